The summed E-state index contributed by atoms with van der Waals surface area (Å²) in [5.74, 6) is 0. The smallest absolute Gasteiger partial charge is 0.137 e. The highest BCUT2D eigenvalue weighted by atomic mass is 15.3. The van der Waals surface area contributed by atoms with Crippen LogP contribution in [0, 0.1) is 6.92 Å². The lowest BCUT2D eigenvalue weighted by atomic mass is 10.0. The number of nitrogens with zero attached hydrogens (tertiary/aromatic N) is 3. The van der Waals surface area contributed by atoms with E-state index in [1.54, 1.807) is 12.7 Å². The Labute approximate surface area is 112 Å². The highest BCUT2D eigenvalue weighted by molar-refractivity contribution is 5.63. The van der Waals surface area contributed by atoms with Gasteiger partial charge in [0.15, 0.2) is 0 Å². The van der Waals surface area contributed by atoms with E-state index < -0.39 is 0 Å². The molecule has 0 bridgehead atoms. The van der Waals surface area contributed by atoms with Crippen LogP contribution in [-0.2, 0) is 6.54 Å². The van der Waals surface area contributed by atoms with Crippen LogP contribution in [-0.4, -0.2) is 14.8 Å². The Morgan fingerprint density at radius 2 is 1.53 bits per heavy atom. The predicted molar refractivity (Wildman–Crippen MR) is 75.7 cm³/mol. The predicted octanol–water partition coefficient (Wildman–Crippen LogP) is 3.30. The van der Waals surface area contributed by atoms with Crippen LogP contribution in [0.25, 0.3) is 11.1 Å². The summed E-state index contributed by atoms with van der Waals surface area (Å²) in [6, 6.07) is 17.2. The number of aryl methyl sites for hydroxylation is 1. The largest absolute Gasteiger partial charge is 0.249 e. The summed E-state index contributed by atoms with van der Waals surface area (Å²) in [4.78, 5) is 3.94. The molecule has 0 atom stereocenters. The second-order valence-electron chi connectivity index (χ2n) is 4.66. The fourth-order valence-electron chi connectivity index (χ4n) is 2.05. The average molecular weight is 249 g/mol. The molecule has 0 fully saturated rings. The van der Waals surface area contributed by atoms with Crippen molar-refractivity contribution in [1.29, 1.82) is 0 Å². The number of hydrogen-bond acceptors (Lipinski definition) is 2. The highest BCUT2D eigenvalue weighted by Crippen LogP contribution is 2.20. The van der Waals surface area contributed by atoms with Crippen LogP contribution < -0.4 is 0 Å². The van der Waals surface area contributed by atoms with Gasteiger partial charge < -0.3 is 0 Å². The van der Waals surface area contributed by atoms with E-state index in [1.165, 1.54) is 22.3 Å². The topological polar surface area (TPSA) is 30.7 Å². The molecule has 0 radical (unpaired) electrons. The molecule has 19 heavy (non-hydrogen) atoms. The van der Waals surface area contributed by atoms with Crippen molar-refractivity contribution in [2.45, 2.75) is 13.5 Å². The van der Waals surface area contributed by atoms with Crippen LogP contribution in [0.4, 0.5) is 0 Å². The molecule has 0 aliphatic carbocycles. The lowest BCUT2D eigenvalue weighted by molar-refractivity contribution is 0.685. The maximum absolute atomic E-state index is 4.11. The van der Waals surface area contributed by atoms with Crippen molar-refractivity contribution in [2.75, 3.05) is 0 Å². The zero-order valence-corrected chi connectivity index (χ0v) is 10.8. The van der Waals surface area contributed by atoms with E-state index in [4.69, 9.17) is 0 Å². The molecule has 2 aromatic carbocycles. The number of rotatable bonds is 3. The van der Waals surface area contributed by atoms with E-state index in [0.717, 1.165) is 6.54 Å². The quantitative estimate of drug-likeness (QED) is 0.713. The third-order valence-electron chi connectivity index (χ3n) is 3.15. The van der Waals surface area contributed by atoms with Gasteiger partial charge in [0.1, 0.15) is 12.7 Å². The second-order valence-corrected chi connectivity index (χ2v) is 4.66. The normalized spacial score (nSPS) is 10.6. The molecule has 0 aliphatic rings. The van der Waals surface area contributed by atoms with Crippen molar-refractivity contribution >= 4 is 0 Å². The fourth-order valence-corrected chi connectivity index (χ4v) is 2.05. The first-order chi connectivity index (χ1) is 9.31. The van der Waals surface area contributed by atoms with Crippen LogP contribution in [0.3, 0.4) is 0 Å². The van der Waals surface area contributed by atoms with Gasteiger partial charge in [-0.3, -0.25) is 0 Å². The van der Waals surface area contributed by atoms with Gasteiger partial charge in [-0.25, -0.2) is 9.67 Å². The van der Waals surface area contributed by atoms with Gasteiger partial charge in [-0.05, 0) is 23.6 Å². The Morgan fingerprint density at radius 1 is 0.895 bits per heavy atom. The second kappa shape index (κ2) is 5.06. The van der Waals surface area contributed by atoms with Crippen molar-refractivity contribution < 1.29 is 0 Å². The van der Waals surface area contributed by atoms with E-state index in [2.05, 4.69) is 65.5 Å². The van der Waals surface area contributed by atoms with Crippen molar-refractivity contribution in [3.63, 3.8) is 0 Å². The molecule has 3 rings (SSSR count). The molecule has 0 spiro atoms. The summed E-state index contributed by atoms with van der Waals surface area (Å²) in [5, 5.41) is 4.11. The zero-order chi connectivity index (χ0) is 13.1. The van der Waals surface area contributed by atoms with Crippen molar-refractivity contribution in [3.8, 4) is 11.1 Å². The van der Waals surface area contributed by atoms with Crippen LogP contribution >= 0.6 is 0 Å². The Kier molecular flexibility index (Phi) is 3.11. The third kappa shape index (κ3) is 2.71. The van der Waals surface area contributed by atoms with Gasteiger partial charge in [0.25, 0.3) is 0 Å². The fraction of sp³-hybridized carbons (Fsp3) is 0.125. The SMILES string of the molecule is Cc1ccc(-c2ccc(Cn3cncn3)cc2)cc1. The van der Waals surface area contributed by atoms with E-state index in [1.807, 2.05) is 4.68 Å². The molecule has 0 aliphatic heterocycles. The molecule has 0 amide bonds. The van der Waals surface area contributed by atoms with Gasteiger partial charge in [0, 0.05) is 0 Å². The Balaban J connectivity index is 1.80. The first-order valence-corrected chi connectivity index (χ1v) is 6.30. The van der Waals surface area contributed by atoms with E-state index >= 15 is 0 Å². The lowest BCUT2D eigenvalue weighted by Gasteiger charge is -2.05. The zero-order valence-electron chi connectivity index (χ0n) is 10.8. The minimum atomic E-state index is 0.758. The summed E-state index contributed by atoms with van der Waals surface area (Å²) in [6.45, 7) is 2.86. The van der Waals surface area contributed by atoms with Crippen LogP contribution in [0.15, 0.2) is 61.2 Å². The van der Waals surface area contributed by atoms with Crippen LogP contribution in [0.5, 0.6) is 0 Å². The van der Waals surface area contributed by atoms with Gasteiger partial charge >= 0.3 is 0 Å². The van der Waals surface area contributed by atoms with Crippen molar-refractivity contribution in [1.82, 2.24) is 14.8 Å². The van der Waals surface area contributed by atoms with Gasteiger partial charge in [0.05, 0.1) is 6.54 Å². The number of hydrogen-bond donors (Lipinski definition) is 0. The number of benzene rings is 2. The van der Waals surface area contributed by atoms with Crippen molar-refractivity contribution in [3.05, 3.63) is 72.3 Å². The first kappa shape index (κ1) is 11.7. The highest BCUT2D eigenvalue weighted by Gasteiger charge is 1.99. The monoisotopic (exact) mass is 249 g/mol. The maximum Gasteiger partial charge on any atom is 0.137 e. The molecule has 94 valence electrons. The molecule has 3 heteroatoms. The van der Waals surface area contributed by atoms with Crippen molar-refractivity contribution in [2.24, 2.45) is 0 Å². The van der Waals surface area contributed by atoms with E-state index in [-0.39, 0.29) is 0 Å². The molecule has 0 saturated carbocycles. The summed E-state index contributed by atoms with van der Waals surface area (Å²) in [7, 11) is 0. The standard InChI is InChI=1S/C16H15N3/c1-13-2-6-15(7-3-13)16-8-4-14(5-9-16)10-19-12-17-11-18-19/h2-9,11-12H,10H2,1H3. The molecule has 1 heterocycles. The molecule has 3 nitrogen and oxygen atoms in total. The molecular formula is C16H15N3. The molecule has 3 aromatic rings. The maximum atomic E-state index is 4.11. The van der Waals surface area contributed by atoms with Gasteiger partial charge in [-0.15, -0.1) is 0 Å². The minimum absolute atomic E-state index is 0.758. The number of aromatic nitrogens is 3. The Bertz CT molecular complexity index is 637. The third-order valence-corrected chi connectivity index (χ3v) is 3.15. The minimum Gasteiger partial charge on any atom is -0.249 e. The molecule has 0 unspecified atom stereocenters. The van der Waals surface area contributed by atoms with Gasteiger partial charge in [-0.2, -0.15) is 5.10 Å². The summed E-state index contributed by atoms with van der Waals surface area (Å²) >= 11 is 0. The first-order valence-electron chi connectivity index (χ1n) is 6.30. The molecule has 1 aromatic heterocycles. The Morgan fingerprint density at radius 3 is 2.11 bits per heavy atom. The summed E-state index contributed by atoms with van der Waals surface area (Å²) in [5.41, 5.74) is 4.99. The van der Waals surface area contributed by atoms with Crippen LogP contribution in [0.2, 0.25) is 0 Å². The van der Waals surface area contributed by atoms with E-state index in [9.17, 15) is 0 Å². The van der Waals surface area contributed by atoms with Gasteiger partial charge in [0.2, 0.25) is 0 Å². The molecule has 0 saturated heterocycles. The van der Waals surface area contributed by atoms with Gasteiger partial charge in [-0.1, -0.05) is 54.1 Å². The lowest BCUT2D eigenvalue weighted by Crippen LogP contribution is -1.99. The summed E-state index contributed by atoms with van der Waals surface area (Å²) < 4.78 is 1.82. The Hall–Kier alpha value is -2.42. The summed E-state index contributed by atoms with van der Waals surface area (Å²) in [6.07, 6.45) is 3.29. The molecule has 0 N–H and O–H groups in total. The molecular weight excluding hydrogens is 234 g/mol. The van der Waals surface area contributed by atoms with Crippen LogP contribution in [0.1, 0.15) is 11.1 Å². The average Bonchev–Trinajstić information content (AvgIpc) is 2.94. The van der Waals surface area contributed by atoms with E-state index in [0.29, 0.717) is 0 Å².